The van der Waals surface area contributed by atoms with Crippen molar-refractivity contribution in [1.29, 1.82) is 0 Å². The first-order valence-corrected chi connectivity index (χ1v) is 16.8. The molecule has 0 unspecified atom stereocenters. The van der Waals surface area contributed by atoms with Crippen molar-refractivity contribution in [3.05, 3.63) is 190 Å². The van der Waals surface area contributed by atoms with Crippen LogP contribution in [0.1, 0.15) is 69.3 Å². The van der Waals surface area contributed by atoms with Gasteiger partial charge in [0, 0.05) is 35.7 Å². The number of pyridine rings is 4. The maximum atomic E-state index is 13.2. The summed E-state index contributed by atoms with van der Waals surface area (Å²) in [5, 5.41) is 5.44. The molecule has 0 bridgehead atoms. The molecule has 0 saturated carbocycles. The average molecular weight is 755 g/mol. The summed E-state index contributed by atoms with van der Waals surface area (Å²) in [6.45, 7) is 0. The standard InChI is InChI=1S/2C21H13F2N3O2/c2*22-15-7-5-14(6-8-15)20-19(26-21(27)28-20)17-3-1-2-16(25-17)9-4-13-10-11-24-18(23)12-13/h2*1-3,5-8,10-12,19-20H,(H,26,27)/t2*19-,20-/m10/s1. The van der Waals surface area contributed by atoms with E-state index < -0.39 is 48.4 Å². The molecule has 0 spiro atoms. The highest BCUT2D eigenvalue weighted by Crippen LogP contribution is 2.37. The summed E-state index contributed by atoms with van der Waals surface area (Å²) in [5.41, 5.74) is 4.25. The number of aromatic nitrogens is 4. The van der Waals surface area contributed by atoms with Crippen molar-refractivity contribution in [2.45, 2.75) is 24.3 Å². The van der Waals surface area contributed by atoms with Crippen molar-refractivity contribution in [2.75, 3.05) is 0 Å². The smallest absolute Gasteiger partial charge is 0.408 e. The van der Waals surface area contributed by atoms with Gasteiger partial charge in [-0.25, -0.2) is 38.3 Å². The number of benzene rings is 2. The Balaban J connectivity index is 0.000000172. The number of rotatable bonds is 4. The fraction of sp³-hybridized carbons (Fsp3) is 0.0952. The molecule has 2 amide bonds. The van der Waals surface area contributed by atoms with Gasteiger partial charge in [0.1, 0.15) is 35.1 Å². The van der Waals surface area contributed by atoms with Crippen LogP contribution in [-0.2, 0) is 9.47 Å². The number of cyclic esters (lactones) is 2. The van der Waals surface area contributed by atoms with Crippen LogP contribution in [0, 0.1) is 47.2 Å². The summed E-state index contributed by atoms with van der Waals surface area (Å²) in [7, 11) is 0. The first-order valence-electron chi connectivity index (χ1n) is 16.8. The predicted molar refractivity (Wildman–Crippen MR) is 192 cm³/mol. The number of amides is 2. The molecular formula is C42H26F4N6O4. The topological polar surface area (TPSA) is 128 Å². The number of hydrogen-bond acceptors (Lipinski definition) is 8. The lowest BCUT2D eigenvalue weighted by molar-refractivity contribution is 0.131. The van der Waals surface area contributed by atoms with Crippen LogP contribution in [0.3, 0.4) is 0 Å². The number of nitrogens with one attached hydrogen (secondary N) is 2. The Morgan fingerprint density at radius 1 is 0.518 bits per heavy atom. The fourth-order valence-corrected chi connectivity index (χ4v) is 5.75. The minimum atomic E-state index is -0.641. The van der Waals surface area contributed by atoms with Crippen LogP contribution in [0.4, 0.5) is 27.2 Å². The highest BCUT2D eigenvalue weighted by molar-refractivity contribution is 5.71. The summed E-state index contributed by atoms with van der Waals surface area (Å²) in [6, 6.07) is 26.5. The van der Waals surface area contributed by atoms with Gasteiger partial charge in [-0.2, -0.15) is 8.78 Å². The second-order valence-electron chi connectivity index (χ2n) is 12.1. The van der Waals surface area contributed by atoms with Gasteiger partial charge in [-0.05, 0) is 83.6 Å². The lowest BCUT2D eigenvalue weighted by Crippen LogP contribution is -2.20. The molecule has 6 aromatic rings. The van der Waals surface area contributed by atoms with Gasteiger partial charge >= 0.3 is 12.2 Å². The number of nitrogens with zero attached hydrogens (tertiary/aromatic N) is 4. The minimum Gasteiger partial charge on any atom is -0.439 e. The van der Waals surface area contributed by atoms with E-state index in [2.05, 4.69) is 54.3 Å². The Morgan fingerprint density at radius 3 is 1.32 bits per heavy atom. The Morgan fingerprint density at radius 2 is 0.929 bits per heavy atom. The van der Waals surface area contributed by atoms with Crippen molar-refractivity contribution < 1.29 is 36.6 Å². The summed E-state index contributed by atoms with van der Waals surface area (Å²) in [5.74, 6) is 9.41. The molecule has 2 saturated heterocycles. The fourth-order valence-electron chi connectivity index (χ4n) is 5.75. The molecule has 0 aliphatic carbocycles. The van der Waals surface area contributed by atoms with Gasteiger partial charge in [0.15, 0.2) is 12.2 Å². The van der Waals surface area contributed by atoms with E-state index in [0.717, 1.165) is 0 Å². The molecule has 4 atom stereocenters. The maximum absolute atomic E-state index is 13.2. The number of carbonyl (C=O) groups excluding carboxylic acids is 2. The molecule has 10 nitrogen and oxygen atoms in total. The molecule has 14 heteroatoms. The molecule has 2 N–H and O–H groups in total. The third kappa shape index (κ3) is 9.13. The van der Waals surface area contributed by atoms with Gasteiger partial charge in [-0.3, -0.25) is 0 Å². The Labute approximate surface area is 317 Å². The van der Waals surface area contributed by atoms with Crippen molar-refractivity contribution in [3.63, 3.8) is 0 Å². The van der Waals surface area contributed by atoms with E-state index in [4.69, 9.17) is 9.47 Å². The van der Waals surface area contributed by atoms with Crippen molar-refractivity contribution in [3.8, 4) is 23.7 Å². The van der Waals surface area contributed by atoms with Crippen LogP contribution in [0.15, 0.2) is 122 Å². The van der Waals surface area contributed by atoms with Crippen LogP contribution in [0.2, 0.25) is 0 Å². The average Bonchev–Trinajstić information content (AvgIpc) is 3.80. The third-order valence-electron chi connectivity index (χ3n) is 8.32. The summed E-state index contributed by atoms with van der Waals surface area (Å²) < 4.78 is 63.4. The molecule has 8 rings (SSSR count). The first-order chi connectivity index (χ1) is 27.2. The van der Waals surface area contributed by atoms with Crippen LogP contribution in [0.5, 0.6) is 0 Å². The first kappa shape index (κ1) is 36.8. The van der Waals surface area contributed by atoms with E-state index in [9.17, 15) is 27.2 Å². The Bertz CT molecular complexity index is 2360. The molecule has 2 aromatic carbocycles. The van der Waals surface area contributed by atoms with Crippen LogP contribution in [-0.4, -0.2) is 32.1 Å². The number of halogens is 4. The van der Waals surface area contributed by atoms with E-state index in [1.165, 1.54) is 48.8 Å². The van der Waals surface area contributed by atoms with Gasteiger partial charge in [0.25, 0.3) is 0 Å². The molecule has 4 aromatic heterocycles. The zero-order chi connectivity index (χ0) is 39.0. The van der Waals surface area contributed by atoms with E-state index in [1.807, 2.05) is 0 Å². The molecule has 6 heterocycles. The summed E-state index contributed by atoms with van der Waals surface area (Å²) in [4.78, 5) is 39.5. The summed E-state index contributed by atoms with van der Waals surface area (Å²) >= 11 is 0. The van der Waals surface area contributed by atoms with Gasteiger partial charge in [0.05, 0.1) is 11.4 Å². The van der Waals surface area contributed by atoms with E-state index >= 15 is 0 Å². The van der Waals surface area contributed by atoms with Gasteiger partial charge < -0.3 is 20.1 Å². The molecule has 2 aliphatic heterocycles. The second-order valence-corrected chi connectivity index (χ2v) is 12.1. The molecule has 2 aliphatic rings. The number of carbonyl (C=O) groups is 2. The van der Waals surface area contributed by atoms with Crippen LogP contribution in [0.25, 0.3) is 0 Å². The van der Waals surface area contributed by atoms with Crippen LogP contribution >= 0.6 is 0 Å². The Kier molecular flexibility index (Phi) is 10.9. The highest BCUT2D eigenvalue weighted by atomic mass is 19.1. The highest BCUT2D eigenvalue weighted by Gasteiger charge is 2.38. The maximum Gasteiger partial charge on any atom is 0.408 e. The number of alkyl carbamates (subject to hydrolysis) is 2. The number of ether oxygens (including phenoxy) is 2. The van der Waals surface area contributed by atoms with Gasteiger partial charge in [-0.15, -0.1) is 0 Å². The number of hydrogen-bond donors (Lipinski definition) is 2. The zero-order valence-corrected chi connectivity index (χ0v) is 28.8. The largest absolute Gasteiger partial charge is 0.439 e. The predicted octanol–water partition coefficient (Wildman–Crippen LogP) is 7.35. The monoisotopic (exact) mass is 754 g/mol. The van der Waals surface area contributed by atoms with Gasteiger partial charge in [-0.1, -0.05) is 48.2 Å². The molecule has 56 heavy (non-hydrogen) atoms. The third-order valence-corrected chi connectivity index (χ3v) is 8.32. The van der Waals surface area contributed by atoms with Crippen molar-refractivity contribution in [2.24, 2.45) is 0 Å². The van der Waals surface area contributed by atoms with Crippen molar-refractivity contribution in [1.82, 2.24) is 30.6 Å². The second kappa shape index (κ2) is 16.6. The molecule has 276 valence electrons. The quantitative estimate of drug-likeness (QED) is 0.109. The lowest BCUT2D eigenvalue weighted by Gasteiger charge is -2.17. The molecule has 2 fully saturated rings. The van der Waals surface area contributed by atoms with Gasteiger partial charge in [0.2, 0.25) is 11.9 Å². The normalized spacial score (nSPS) is 18.0. The van der Waals surface area contributed by atoms with E-state index in [1.54, 1.807) is 72.8 Å². The van der Waals surface area contributed by atoms with Crippen molar-refractivity contribution >= 4 is 12.2 Å². The minimum absolute atomic E-state index is 0.375. The summed E-state index contributed by atoms with van der Waals surface area (Å²) in [6.07, 6.45) is 0.231. The van der Waals surface area contributed by atoms with E-state index in [-0.39, 0.29) is 11.6 Å². The molecular weight excluding hydrogens is 728 g/mol. The Hall–Kier alpha value is -7.58. The van der Waals surface area contributed by atoms with E-state index in [0.29, 0.717) is 45.0 Å². The van der Waals surface area contributed by atoms with Crippen LogP contribution < -0.4 is 10.6 Å². The zero-order valence-electron chi connectivity index (χ0n) is 28.8. The SMILES string of the molecule is O=C1N[C@@H](c2cccc(C#Cc3ccnc(F)c3)n2)[C@H](c2ccc(F)cc2)O1.O=C1N[C@H](c2cccc(C#Cc3ccnc(F)c3)n2)[C@@H](c2ccc(F)cc2)O1. The lowest BCUT2D eigenvalue weighted by atomic mass is 10.00. The molecule has 0 radical (unpaired) electrons.